The van der Waals surface area contributed by atoms with Gasteiger partial charge in [0.2, 0.25) is 0 Å². The number of carbonyl (C=O) groups excluding carboxylic acids is 3. The molecule has 0 aliphatic rings. The molecule has 9 heteroatoms. The van der Waals surface area contributed by atoms with Crippen molar-refractivity contribution in [1.29, 1.82) is 0 Å². The number of para-hydroxylation sites is 1. The van der Waals surface area contributed by atoms with Crippen molar-refractivity contribution in [3.63, 3.8) is 0 Å². The number of fused-ring (bicyclic) bond motifs is 1. The van der Waals surface area contributed by atoms with Crippen LogP contribution in [0.5, 0.6) is 0 Å². The number of hydrogen-bond acceptors (Lipinski definition) is 6. The van der Waals surface area contributed by atoms with Crippen LogP contribution < -0.4 is 16.2 Å². The van der Waals surface area contributed by atoms with Crippen LogP contribution in [-0.4, -0.2) is 34.5 Å². The van der Waals surface area contributed by atoms with E-state index < -0.39 is 24.5 Å². The highest BCUT2D eigenvalue weighted by Gasteiger charge is 2.17. The minimum absolute atomic E-state index is 0.177. The zero-order valence-electron chi connectivity index (χ0n) is 19.8. The number of rotatable bonds is 6. The Balaban J connectivity index is 1.38. The Morgan fingerprint density at radius 1 is 0.944 bits per heavy atom. The molecule has 4 rings (SSSR count). The van der Waals surface area contributed by atoms with Crippen molar-refractivity contribution < 1.29 is 19.1 Å². The van der Waals surface area contributed by atoms with Gasteiger partial charge in [-0.3, -0.25) is 14.9 Å². The summed E-state index contributed by atoms with van der Waals surface area (Å²) in [5.74, 6) is -1.12. The quantitative estimate of drug-likeness (QED) is 0.358. The number of ether oxygens (including phenoxy) is 1. The highest BCUT2D eigenvalue weighted by molar-refractivity contribution is 6.02. The van der Waals surface area contributed by atoms with Gasteiger partial charge in [-0.15, -0.1) is 0 Å². The van der Waals surface area contributed by atoms with Crippen LogP contribution in [0.15, 0.2) is 71.5 Å². The second-order valence-electron chi connectivity index (χ2n) is 8.24. The molecule has 0 fully saturated rings. The maximum Gasteiger partial charge on any atom is 0.338 e. The van der Waals surface area contributed by atoms with Crippen LogP contribution in [0.4, 0.5) is 10.5 Å². The molecule has 0 aliphatic heterocycles. The number of nitrogens with zero attached hydrogens (tertiary/aromatic N) is 1. The molecular weight excluding hydrogens is 460 g/mol. The minimum Gasteiger partial charge on any atom is -0.452 e. The number of nitrogens with one attached hydrogen (secondary N) is 3. The van der Waals surface area contributed by atoms with Crippen molar-refractivity contribution >= 4 is 34.5 Å². The Bertz CT molecular complexity index is 1530. The van der Waals surface area contributed by atoms with Gasteiger partial charge in [0.05, 0.1) is 16.5 Å². The molecule has 4 aromatic rings. The number of hydrogen-bond donors (Lipinski definition) is 3. The van der Waals surface area contributed by atoms with E-state index in [1.54, 1.807) is 60.7 Å². The number of carbonyl (C=O) groups is 3. The Kier molecular flexibility index (Phi) is 7.20. The van der Waals surface area contributed by atoms with Gasteiger partial charge in [-0.1, -0.05) is 36.4 Å². The first-order valence-corrected chi connectivity index (χ1v) is 11.2. The number of aromatic amines is 1. The zero-order valence-corrected chi connectivity index (χ0v) is 19.8. The molecule has 0 radical (unpaired) electrons. The fourth-order valence-electron chi connectivity index (χ4n) is 3.63. The molecule has 0 atom stereocenters. The predicted molar refractivity (Wildman–Crippen MR) is 135 cm³/mol. The van der Waals surface area contributed by atoms with E-state index in [1.807, 2.05) is 19.9 Å². The van der Waals surface area contributed by atoms with Gasteiger partial charge >= 0.3 is 12.0 Å². The summed E-state index contributed by atoms with van der Waals surface area (Å²) in [7, 11) is 0. The van der Waals surface area contributed by atoms with Gasteiger partial charge < -0.3 is 15.0 Å². The van der Waals surface area contributed by atoms with Crippen LogP contribution in [0.2, 0.25) is 0 Å². The lowest BCUT2D eigenvalue weighted by molar-refractivity contribution is -0.123. The Labute approximate surface area is 206 Å². The lowest BCUT2D eigenvalue weighted by Gasteiger charge is -2.11. The molecule has 0 unspecified atom stereocenters. The Hall–Kier alpha value is -4.79. The van der Waals surface area contributed by atoms with Gasteiger partial charge in [-0.2, -0.15) is 0 Å². The number of aryl methyl sites for hydroxylation is 2. The molecule has 36 heavy (non-hydrogen) atoms. The number of anilines is 1. The van der Waals surface area contributed by atoms with Crippen molar-refractivity contribution in [3.05, 3.63) is 105 Å². The fraction of sp³-hybridized carbons (Fsp3) is 0.148. The zero-order chi connectivity index (χ0) is 25.7. The first kappa shape index (κ1) is 24.3. The van der Waals surface area contributed by atoms with E-state index in [0.717, 1.165) is 11.1 Å². The predicted octanol–water partition coefficient (Wildman–Crippen LogP) is 3.64. The molecule has 0 aliphatic carbocycles. The Morgan fingerprint density at radius 2 is 1.69 bits per heavy atom. The number of urea groups is 1. The number of benzene rings is 3. The van der Waals surface area contributed by atoms with E-state index in [2.05, 4.69) is 20.6 Å². The fourth-order valence-corrected chi connectivity index (χ4v) is 3.63. The van der Waals surface area contributed by atoms with E-state index in [4.69, 9.17) is 4.74 Å². The summed E-state index contributed by atoms with van der Waals surface area (Å²) in [6, 6.07) is 18.3. The molecule has 0 spiro atoms. The molecule has 3 amide bonds. The van der Waals surface area contributed by atoms with Gasteiger partial charge in [-0.05, 0) is 60.9 Å². The van der Waals surface area contributed by atoms with Gasteiger partial charge in [0, 0.05) is 12.1 Å². The van der Waals surface area contributed by atoms with E-state index in [0.29, 0.717) is 28.0 Å². The van der Waals surface area contributed by atoms with Gasteiger partial charge in [0.1, 0.15) is 5.82 Å². The minimum atomic E-state index is -0.775. The number of esters is 1. The molecule has 3 aromatic carbocycles. The van der Waals surface area contributed by atoms with Crippen molar-refractivity contribution in [2.24, 2.45) is 0 Å². The second kappa shape index (κ2) is 10.6. The monoisotopic (exact) mass is 484 g/mol. The molecule has 0 saturated carbocycles. The molecule has 9 nitrogen and oxygen atoms in total. The van der Waals surface area contributed by atoms with Gasteiger partial charge in [-0.25, -0.2) is 14.6 Å². The summed E-state index contributed by atoms with van der Waals surface area (Å²) in [6.45, 7) is 3.22. The maximum absolute atomic E-state index is 12.7. The first-order valence-electron chi connectivity index (χ1n) is 11.2. The summed E-state index contributed by atoms with van der Waals surface area (Å²) < 4.78 is 5.12. The second-order valence-corrected chi connectivity index (χ2v) is 8.24. The van der Waals surface area contributed by atoms with Crippen molar-refractivity contribution in [2.45, 2.75) is 20.3 Å². The average Bonchev–Trinajstić information content (AvgIpc) is 2.85. The molecule has 182 valence electrons. The van der Waals surface area contributed by atoms with Crippen LogP contribution in [0.1, 0.15) is 32.9 Å². The third-order valence-electron chi connectivity index (χ3n) is 5.61. The Morgan fingerprint density at radius 3 is 2.50 bits per heavy atom. The third kappa shape index (κ3) is 5.82. The number of amides is 3. The maximum atomic E-state index is 12.7. The highest BCUT2D eigenvalue weighted by atomic mass is 16.5. The number of aromatic nitrogens is 2. The largest absolute Gasteiger partial charge is 0.452 e. The van der Waals surface area contributed by atoms with Crippen molar-refractivity contribution in [3.8, 4) is 0 Å². The number of H-pyrrole nitrogens is 1. The normalized spacial score (nSPS) is 10.6. The summed E-state index contributed by atoms with van der Waals surface area (Å²) in [5, 5.41) is 5.17. The summed E-state index contributed by atoms with van der Waals surface area (Å²) in [5.41, 5.74) is 3.67. The lowest BCUT2D eigenvalue weighted by Crippen LogP contribution is -2.37. The highest BCUT2D eigenvalue weighted by Crippen LogP contribution is 2.16. The molecule has 0 saturated heterocycles. The summed E-state index contributed by atoms with van der Waals surface area (Å²) >= 11 is 0. The molecule has 0 bridgehead atoms. The van der Waals surface area contributed by atoms with Gasteiger partial charge in [0.25, 0.3) is 11.5 Å². The van der Waals surface area contributed by atoms with Crippen LogP contribution in [0.3, 0.4) is 0 Å². The van der Waals surface area contributed by atoms with E-state index in [1.165, 1.54) is 0 Å². The molecule has 3 N–H and O–H groups in total. The first-order chi connectivity index (χ1) is 17.3. The summed E-state index contributed by atoms with van der Waals surface area (Å²) in [6.07, 6.45) is 0.177. The standard InChI is InChI=1S/C27H24N4O5/c1-16-11-12-19(13-17(16)2)28-27(35)31-24(32)15-36-26(34)20-8-4-3-7-18(20)14-23-29-22-10-6-5-9-21(22)25(33)30-23/h3-13H,14-15H2,1-2H3,(H,29,30,33)(H2,28,31,32,35). The average molecular weight is 485 g/mol. The molecule has 1 heterocycles. The van der Waals surface area contributed by atoms with Gasteiger partial charge in [0.15, 0.2) is 6.61 Å². The van der Waals surface area contributed by atoms with E-state index in [9.17, 15) is 19.2 Å². The van der Waals surface area contributed by atoms with Crippen molar-refractivity contribution in [2.75, 3.05) is 11.9 Å². The number of imide groups is 1. The topological polar surface area (TPSA) is 130 Å². The third-order valence-corrected chi connectivity index (χ3v) is 5.61. The van der Waals surface area contributed by atoms with Crippen LogP contribution in [-0.2, 0) is 16.0 Å². The molecular formula is C27H24N4O5. The van der Waals surface area contributed by atoms with E-state index >= 15 is 0 Å². The van der Waals surface area contributed by atoms with E-state index in [-0.39, 0.29) is 17.5 Å². The SMILES string of the molecule is Cc1ccc(NC(=O)NC(=O)COC(=O)c2ccccc2Cc2nc3ccccc3c(=O)[nH]2)cc1C. The molecule has 1 aromatic heterocycles. The van der Waals surface area contributed by atoms with Crippen LogP contribution in [0, 0.1) is 13.8 Å². The van der Waals surface area contributed by atoms with Crippen LogP contribution in [0.25, 0.3) is 10.9 Å². The van der Waals surface area contributed by atoms with Crippen LogP contribution >= 0.6 is 0 Å². The lowest BCUT2D eigenvalue weighted by atomic mass is 10.0. The summed E-state index contributed by atoms with van der Waals surface area (Å²) in [4.78, 5) is 56.5. The smallest absolute Gasteiger partial charge is 0.338 e. The van der Waals surface area contributed by atoms with Crippen molar-refractivity contribution in [1.82, 2.24) is 15.3 Å².